The van der Waals surface area contributed by atoms with Crippen LogP contribution in [-0.4, -0.2) is 30.4 Å². The number of nitrogens with zero attached hydrogens (tertiary/aromatic N) is 2. The molecule has 36 heavy (non-hydrogen) atoms. The maximum atomic E-state index is 11.8. The smallest absolute Gasteiger partial charge is 0.331 e. The number of nitrogens with one attached hydrogen (secondary N) is 1. The minimum atomic E-state index is -0.607. The number of carbonyl (C=O) groups is 2. The van der Waals surface area contributed by atoms with Gasteiger partial charge in [0.15, 0.2) is 5.17 Å². The summed E-state index contributed by atoms with van der Waals surface area (Å²) < 4.78 is 16.2. The van der Waals surface area contributed by atoms with Crippen molar-refractivity contribution in [2.24, 2.45) is 10.2 Å². The Morgan fingerprint density at radius 3 is 2.14 bits per heavy atom. The summed E-state index contributed by atoms with van der Waals surface area (Å²) in [5.74, 6) is 0.500. The van der Waals surface area contributed by atoms with E-state index < -0.39 is 11.9 Å². The second-order valence-electron chi connectivity index (χ2n) is 7.51. The summed E-state index contributed by atoms with van der Waals surface area (Å²) in [7, 11) is 1.24. The van der Waals surface area contributed by atoms with Crippen LogP contribution in [0.4, 0.5) is 0 Å². The van der Waals surface area contributed by atoms with Crippen LogP contribution < -0.4 is 14.8 Å². The van der Waals surface area contributed by atoms with Gasteiger partial charge < -0.3 is 14.2 Å². The summed E-state index contributed by atoms with van der Waals surface area (Å²) in [6.45, 7) is 0.957. The van der Waals surface area contributed by atoms with Gasteiger partial charge in [-0.05, 0) is 64.9 Å². The van der Waals surface area contributed by atoms with Gasteiger partial charge in [0, 0.05) is 6.08 Å². The van der Waals surface area contributed by atoms with E-state index >= 15 is 0 Å². The second kappa shape index (κ2) is 12.4. The minimum absolute atomic E-state index is 0.201. The van der Waals surface area contributed by atoms with Crippen molar-refractivity contribution in [1.29, 1.82) is 0 Å². The number of hydrogen-bond donors (Lipinski definition) is 1. The molecule has 1 amide bonds. The molecule has 0 unspecified atom stereocenters. The topological polar surface area (TPSA) is 98.6 Å². The van der Waals surface area contributed by atoms with Crippen LogP contribution in [0.15, 0.2) is 100 Å². The molecule has 1 aliphatic heterocycles. The molecule has 3 aromatic rings. The number of hydrogen-bond acceptors (Lipinski definition) is 8. The minimum Gasteiger partial charge on any atom is -0.489 e. The number of benzene rings is 3. The van der Waals surface area contributed by atoms with E-state index in [4.69, 9.17) is 9.47 Å². The molecule has 0 saturated carbocycles. The predicted molar refractivity (Wildman–Crippen MR) is 139 cm³/mol. The average Bonchev–Trinajstić information content (AvgIpc) is 3.26. The lowest BCUT2D eigenvalue weighted by Crippen LogP contribution is -2.19. The van der Waals surface area contributed by atoms with E-state index in [0.717, 1.165) is 46.0 Å². The van der Waals surface area contributed by atoms with E-state index in [1.165, 1.54) is 7.11 Å². The first-order valence-corrected chi connectivity index (χ1v) is 11.8. The monoisotopic (exact) mass is 501 g/mol. The molecular weight excluding hydrogens is 478 g/mol. The maximum absolute atomic E-state index is 11.8. The molecule has 0 spiro atoms. The van der Waals surface area contributed by atoms with E-state index in [-0.39, 0.29) is 10.1 Å². The Labute approximate surface area is 212 Å². The Morgan fingerprint density at radius 1 is 0.889 bits per heavy atom. The quantitative estimate of drug-likeness (QED) is 0.201. The van der Waals surface area contributed by atoms with Crippen molar-refractivity contribution in [3.63, 3.8) is 0 Å². The fourth-order valence-electron chi connectivity index (χ4n) is 3.03. The fourth-order valence-corrected chi connectivity index (χ4v) is 3.77. The summed E-state index contributed by atoms with van der Waals surface area (Å²) in [5.41, 5.74) is 2.96. The number of amides is 1. The predicted octanol–water partition coefficient (Wildman–Crippen LogP) is 4.45. The van der Waals surface area contributed by atoms with Crippen molar-refractivity contribution in [1.82, 2.24) is 5.32 Å². The molecule has 0 aromatic heterocycles. The van der Waals surface area contributed by atoms with Gasteiger partial charge in [-0.2, -0.15) is 5.10 Å². The third-order valence-electron chi connectivity index (χ3n) is 4.91. The SMILES string of the molecule is COC(=O)/C=C1/S/C(=N\N=Cc2ccc(OCc3ccc(OCc4ccccc4)cc3)cc2)NC1=O. The van der Waals surface area contributed by atoms with Crippen LogP contribution in [0, 0.1) is 0 Å². The molecule has 8 nitrogen and oxygen atoms in total. The summed E-state index contributed by atoms with van der Waals surface area (Å²) in [5, 5.41) is 10.8. The maximum Gasteiger partial charge on any atom is 0.331 e. The summed E-state index contributed by atoms with van der Waals surface area (Å²) in [4.78, 5) is 23.3. The second-order valence-corrected chi connectivity index (χ2v) is 8.54. The molecule has 1 fully saturated rings. The van der Waals surface area contributed by atoms with E-state index in [1.54, 1.807) is 6.21 Å². The van der Waals surface area contributed by atoms with E-state index in [2.05, 4.69) is 20.3 Å². The van der Waals surface area contributed by atoms with Crippen molar-refractivity contribution < 1.29 is 23.8 Å². The molecule has 1 saturated heterocycles. The number of rotatable bonds is 9. The van der Waals surface area contributed by atoms with Crippen LogP contribution in [0.1, 0.15) is 16.7 Å². The Hall–Kier alpha value is -4.37. The van der Waals surface area contributed by atoms with Gasteiger partial charge in [-0.25, -0.2) is 4.79 Å². The summed E-state index contributed by atoms with van der Waals surface area (Å²) in [6.07, 6.45) is 2.67. The highest BCUT2D eigenvalue weighted by Gasteiger charge is 2.24. The highest BCUT2D eigenvalue weighted by atomic mass is 32.2. The van der Waals surface area contributed by atoms with Crippen molar-refractivity contribution >= 4 is 35.0 Å². The standard InChI is InChI=1S/C27H23N3O5S/c1-33-25(31)15-24-26(32)29-27(36-24)30-28-16-19-7-11-22(12-8-19)35-18-21-9-13-23(14-10-21)34-17-20-5-3-2-4-6-20/h2-16H,17-18H2,1H3,(H,29,30,32)/b24-15+,28-16?. The molecule has 1 aliphatic rings. The van der Waals surface area contributed by atoms with Crippen molar-refractivity contribution in [2.45, 2.75) is 13.2 Å². The summed E-state index contributed by atoms with van der Waals surface area (Å²) in [6, 6.07) is 25.2. The molecule has 4 rings (SSSR count). The van der Waals surface area contributed by atoms with Crippen LogP contribution in [0.5, 0.6) is 11.5 Å². The van der Waals surface area contributed by atoms with Gasteiger partial charge in [0.25, 0.3) is 5.91 Å². The van der Waals surface area contributed by atoms with Crippen LogP contribution in [-0.2, 0) is 27.5 Å². The number of amidine groups is 1. The molecule has 1 N–H and O–H groups in total. The number of ether oxygens (including phenoxy) is 3. The third kappa shape index (κ3) is 7.31. The lowest BCUT2D eigenvalue weighted by atomic mass is 10.2. The molecule has 182 valence electrons. The Balaban J connectivity index is 1.24. The van der Waals surface area contributed by atoms with Gasteiger partial charge in [0.1, 0.15) is 24.7 Å². The van der Waals surface area contributed by atoms with Crippen molar-refractivity contribution in [2.75, 3.05) is 7.11 Å². The Kier molecular flexibility index (Phi) is 8.50. The van der Waals surface area contributed by atoms with Gasteiger partial charge in [-0.3, -0.25) is 10.1 Å². The number of thioether (sulfide) groups is 1. The molecular formula is C27H23N3O5S. The Bertz CT molecular complexity index is 1290. The normalized spacial score (nSPS) is 15.3. The van der Waals surface area contributed by atoms with Gasteiger partial charge in [0.2, 0.25) is 0 Å². The van der Waals surface area contributed by atoms with Crippen LogP contribution in [0.3, 0.4) is 0 Å². The van der Waals surface area contributed by atoms with E-state index in [9.17, 15) is 9.59 Å². The van der Waals surface area contributed by atoms with Crippen LogP contribution in [0.2, 0.25) is 0 Å². The van der Waals surface area contributed by atoms with Crippen molar-refractivity contribution in [3.8, 4) is 11.5 Å². The zero-order chi connectivity index (χ0) is 25.2. The molecule has 0 atom stereocenters. The molecule has 0 bridgehead atoms. The van der Waals surface area contributed by atoms with Gasteiger partial charge in [0.05, 0.1) is 18.2 Å². The van der Waals surface area contributed by atoms with E-state index in [1.807, 2.05) is 78.9 Å². The largest absolute Gasteiger partial charge is 0.489 e. The van der Waals surface area contributed by atoms with E-state index in [0.29, 0.717) is 13.2 Å². The first-order chi connectivity index (χ1) is 17.6. The van der Waals surface area contributed by atoms with Gasteiger partial charge in [-0.1, -0.05) is 42.5 Å². The first-order valence-electron chi connectivity index (χ1n) is 11.0. The average molecular weight is 502 g/mol. The molecule has 1 heterocycles. The lowest BCUT2D eigenvalue weighted by molar-refractivity contribution is -0.135. The number of methoxy groups -OCH3 is 1. The fraction of sp³-hybridized carbons (Fsp3) is 0.111. The van der Waals surface area contributed by atoms with Crippen molar-refractivity contribution in [3.05, 3.63) is 107 Å². The summed E-state index contributed by atoms with van der Waals surface area (Å²) >= 11 is 1.01. The number of carbonyl (C=O) groups excluding carboxylic acids is 2. The first kappa shape index (κ1) is 24.7. The molecule has 0 aliphatic carbocycles. The van der Waals surface area contributed by atoms with Gasteiger partial charge in [-0.15, -0.1) is 5.10 Å². The zero-order valence-electron chi connectivity index (χ0n) is 19.4. The highest BCUT2D eigenvalue weighted by molar-refractivity contribution is 8.18. The molecule has 0 radical (unpaired) electrons. The van der Waals surface area contributed by atoms with Crippen LogP contribution in [0.25, 0.3) is 0 Å². The van der Waals surface area contributed by atoms with Crippen LogP contribution >= 0.6 is 11.8 Å². The third-order valence-corrected chi connectivity index (χ3v) is 5.81. The number of esters is 1. The molecule has 3 aromatic carbocycles. The molecule has 9 heteroatoms. The lowest BCUT2D eigenvalue weighted by Gasteiger charge is -2.09. The highest BCUT2D eigenvalue weighted by Crippen LogP contribution is 2.23. The zero-order valence-corrected chi connectivity index (χ0v) is 20.2. The van der Waals surface area contributed by atoms with Gasteiger partial charge >= 0.3 is 5.97 Å². The Morgan fingerprint density at radius 2 is 1.50 bits per heavy atom.